The molecular formula is C25H25IO3. The summed E-state index contributed by atoms with van der Waals surface area (Å²) in [5.41, 5.74) is 3.72. The Bertz CT molecular complexity index is 979. The summed E-state index contributed by atoms with van der Waals surface area (Å²) in [5, 5.41) is 0. The minimum atomic E-state index is -0.731. The van der Waals surface area contributed by atoms with Gasteiger partial charge in [-0.1, -0.05) is 100 Å². The SMILES string of the molecule is CC(C)(c1ccccc1)c1cccc(OC(=O)OI)c1C(C)(C)c1ccccc1. The van der Waals surface area contributed by atoms with Gasteiger partial charge in [0, 0.05) is 16.4 Å². The maximum absolute atomic E-state index is 12.0. The van der Waals surface area contributed by atoms with Crippen LogP contribution < -0.4 is 4.74 Å². The average molecular weight is 500 g/mol. The standard InChI is InChI=1S/C25H25IO3/c1-24(2,18-12-7-5-8-13-18)20-16-11-17-21(28-23(27)29-26)22(20)25(3,4)19-14-9-6-10-15-19/h5-17H,1-4H3. The summed E-state index contributed by atoms with van der Waals surface area (Å²) in [6.07, 6.45) is -0.731. The number of carbonyl (C=O) groups excluding carboxylic acids is 1. The molecule has 0 saturated carbocycles. The average Bonchev–Trinajstić information content (AvgIpc) is 2.74. The highest BCUT2D eigenvalue weighted by molar-refractivity contribution is 14.1. The lowest BCUT2D eigenvalue weighted by atomic mass is 9.68. The van der Waals surface area contributed by atoms with Gasteiger partial charge in [0.15, 0.2) is 23.0 Å². The summed E-state index contributed by atoms with van der Waals surface area (Å²) in [5.74, 6) is 0.516. The molecule has 0 aliphatic rings. The molecule has 0 bridgehead atoms. The van der Waals surface area contributed by atoms with Crippen LogP contribution >= 0.6 is 23.0 Å². The fraction of sp³-hybridized carbons (Fsp3) is 0.240. The van der Waals surface area contributed by atoms with Crippen LogP contribution in [0, 0.1) is 0 Å². The van der Waals surface area contributed by atoms with Crippen LogP contribution in [0.3, 0.4) is 0 Å². The van der Waals surface area contributed by atoms with Gasteiger partial charge in [0.1, 0.15) is 5.75 Å². The highest BCUT2D eigenvalue weighted by Crippen LogP contribution is 2.45. The molecule has 3 nitrogen and oxygen atoms in total. The summed E-state index contributed by atoms with van der Waals surface area (Å²) in [7, 11) is 0. The van der Waals surface area contributed by atoms with Crippen LogP contribution in [0.25, 0.3) is 0 Å². The Morgan fingerprint density at radius 1 is 0.724 bits per heavy atom. The van der Waals surface area contributed by atoms with E-state index in [4.69, 9.17) is 7.80 Å². The van der Waals surface area contributed by atoms with Crippen molar-refractivity contribution in [2.75, 3.05) is 0 Å². The third kappa shape index (κ3) is 4.32. The molecule has 29 heavy (non-hydrogen) atoms. The Balaban J connectivity index is 2.27. The number of carbonyl (C=O) groups is 1. The number of halogens is 1. The summed E-state index contributed by atoms with van der Waals surface area (Å²) in [4.78, 5) is 12.0. The van der Waals surface area contributed by atoms with Crippen LogP contribution in [0.15, 0.2) is 78.9 Å². The lowest BCUT2D eigenvalue weighted by Crippen LogP contribution is -2.29. The van der Waals surface area contributed by atoms with Gasteiger partial charge in [-0.05, 0) is 22.8 Å². The first-order chi connectivity index (χ1) is 13.8. The van der Waals surface area contributed by atoms with Crippen molar-refractivity contribution in [3.8, 4) is 5.75 Å². The zero-order valence-electron chi connectivity index (χ0n) is 17.1. The highest BCUT2D eigenvalue weighted by Gasteiger charge is 2.36. The third-order valence-corrected chi connectivity index (χ3v) is 5.93. The van der Waals surface area contributed by atoms with E-state index >= 15 is 0 Å². The van der Waals surface area contributed by atoms with Crippen molar-refractivity contribution in [1.82, 2.24) is 0 Å². The van der Waals surface area contributed by atoms with Crippen LogP contribution in [0.4, 0.5) is 4.79 Å². The molecular weight excluding hydrogens is 475 g/mol. The second-order valence-electron chi connectivity index (χ2n) is 8.09. The molecule has 0 atom stereocenters. The van der Waals surface area contributed by atoms with E-state index in [1.54, 1.807) is 23.0 Å². The van der Waals surface area contributed by atoms with Crippen LogP contribution in [0.5, 0.6) is 5.75 Å². The molecule has 3 aromatic carbocycles. The van der Waals surface area contributed by atoms with Crippen LogP contribution in [-0.2, 0) is 13.9 Å². The summed E-state index contributed by atoms with van der Waals surface area (Å²) >= 11 is 1.54. The van der Waals surface area contributed by atoms with E-state index in [0.717, 1.165) is 16.7 Å². The van der Waals surface area contributed by atoms with E-state index in [0.29, 0.717) is 5.75 Å². The van der Waals surface area contributed by atoms with Gasteiger partial charge in [-0.3, -0.25) is 0 Å². The van der Waals surface area contributed by atoms with Crippen molar-refractivity contribution in [1.29, 1.82) is 0 Å². The number of hydrogen-bond donors (Lipinski definition) is 0. The molecule has 0 aromatic heterocycles. The topological polar surface area (TPSA) is 35.5 Å². The highest BCUT2D eigenvalue weighted by atomic mass is 127. The second kappa shape index (κ2) is 8.57. The van der Waals surface area contributed by atoms with E-state index in [1.807, 2.05) is 48.5 Å². The van der Waals surface area contributed by atoms with Gasteiger partial charge in [0.2, 0.25) is 0 Å². The first kappa shape index (κ1) is 21.4. The van der Waals surface area contributed by atoms with E-state index in [1.165, 1.54) is 5.56 Å². The Labute approximate surface area is 186 Å². The Kier molecular flexibility index (Phi) is 6.32. The zero-order chi connectivity index (χ0) is 21.1. The lowest BCUT2D eigenvalue weighted by Gasteiger charge is -2.36. The first-order valence-electron chi connectivity index (χ1n) is 9.54. The molecule has 0 radical (unpaired) electrons. The van der Waals surface area contributed by atoms with Crippen LogP contribution in [0.1, 0.15) is 49.9 Å². The predicted molar refractivity (Wildman–Crippen MR) is 125 cm³/mol. The molecule has 150 valence electrons. The molecule has 4 heteroatoms. The summed E-state index contributed by atoms with van der Waals surface area (Å²) in [6.45, 7) is 8.71. The number of benzene rings is 3. The number of ether oxygens (including phenoxy) is 1. The van der Waals surface area contributed by atoms with E-state index in [2.05, 4.69) is 58.0 Å². The summed E-state index contributed by atoms with van der Waals surface area (Å²) in [6, 6.07) is 26.5. The van der Waals surface area contributed by atoms with Gasteiger partial charge in [0.05, 0.1) is 0 Å². The van der Waals surface area contributed by atoms with Crippen LogP contribution in [0.2, 0.25) is 0 Å². The van der Waals surface area contributed by atoms with Crippen molar-refractivity contribution in [2.45, 2.75) is 38.5 Å². The quantitative estimate of drug-likeness (QED) is 0.211. The summed E-state index contributed by atoms with van der Waals surface area (Å²) < 4.78 is 10.4. The smallest absolute Gasteiger partial charge is 0.394 e. The van der Waals surface area contributed by atoms with Crippen molar-refractivity contribution in [2.24, 2.45) is 0 Å². The van der Waals surface area contributed by atoms with Crippen LogP contribution in [-0.4, -0.2) is 6.16 Å². The van der Waals surface area contributed by atoms with Gasteiger partial charge in [0.25, 0.3) is 0 Å². The molecule has 0 heterocycles. The Morgan fingerprint density at radius 3 is 1.76 bits per heavy atom. The fourth-order valence-corrected chi connectivity index (χ4v) is 3.99. The monoisotopic (exact) mass is 500 g/mol. The molecule has 3 aromatic rings. The van der Waals surface area contributed by atoms with Crippen molar-refractivity contribution < 1.29 is 12.6 Å². The molecule has 0 spiro atoms. The van der Waals surface area contributed by atoms with E-state index in [9.17, 15) is 4.79 Å². The van der Waals surface area contributed by atoms with E-state index < -0.39 is 11.6 Å². The fourth-order valence-electron chi connectivity index (χ4n) is 3.90. The normalized spacial score (nSPS) is 11.8. The minimum absolute atomic E-state index is 0.295. The van der Waals surface area contributed by atoms with Crippen molar-refractivity contribution in [3.63, 3.8) is 0 Å². The Hall–Kier alpha value is -2.34. The largest absolute Gasteiger partial charge is 0.523 e. The van der Waals surface area contributed by atoms with Crippen molar-refractivity contribution in [3.05, 3.63) is 101 Å². The minimum Gasteiger partial charge on any atom is -0.394 e. The maximum atomic E-state index is 12.0. The van der Waals surface area contributed by atoms with Gasteiger partial charge < -0.3 is 7.80 Å². The third-order valence-electron chi connectivity index (χ3n) is 5.57. The molecule has 0 aliphatic carbocycles. The molecule has 0 aliphatic heterocycles. The molecule has 0 N–H and O–H groups in total. The predicted octanol–water partition coefficient (Wildman–Crippen LogP) is 7.20. The lowest BCUT2D eigenvalue weighted by molar-refractivity contribution is 0.166. The molecule has 3 rings (SSSR count). The number of rotatable bonds is 5. The Morgan fingerprint density at radius 2 is 1.24 bits per heavy atom. The van der Waals surface area contributed by atoms with Gasteiger partial charge >= 0.3 is 6.16 Å². The maximum Gasteiger partial charge on any atom is 0.523 e. The molecule has 0 saturated heterocycles. The van der Waals surface area contributed by atoms with Gasteiger partial charge in [-0.15, -0.1) is 0 Å². The zero-order valence-corrected chi connectivity index (χ0v) is 19.3. The van der Waals surface area contributed by atoms with Gasteiger partial charge in [-0.25, -0.2) is 4.79 Å². The molecule has 0 fully saturated rings. The van der Waals surface area contributed by atoms with Gasteiger partial charge in [-0.2, -0.15) is 0 Å². The second-order valence-corrected chi connectivity index (χ2v) is 8.53. The van der Waals surface area contributed by atoms with E-state index in [-0.39, 0.29) is 5.41 Å². The number of hydrogen-bond acceptors (Lipinski definition) is 3. The molecule has 0 amide bonds. The molecule has 0 unspecified atom stereocenters. The van der Waals surface area contributed by atoms with Crippen molar-refractivity contribution >= 4 is 29.2 Å². The first-order valence-corrected chi connectivity index (χ1v) is 10.4.